The van der Waals surface area contributed by atoms with Crippen molar-refractivity contribution in [2.75, 3.05) is 44.3 Å². The van der Waals surface area contributed by atoms with Crippen molar-refractivity contribution in [3.8, 4) is 0 Å². The van der Waals surface area contributed by atoms with E-state index >= 15 is 0 Å². The first kappa shape index (κ1) is 21.4. The van der Waals surface area contributed by atoms with Gasteiger partial charge in [-0.15, -0.1) is 36.2 Å². The van der Waals surface area contributed by atoms with Crippen LogP contribution in [0.5, 0.6) is 0 Å². The second-order valence-electron chi connectivity index (χ2n) is 5.96. The first-order valence-corrected chi connectivity index (χ1v) is 8.90. The number of rotatable bonds is 3. The summed E-state index contributed by atoms with van der Waals surface area (Å²) in [4.78, 5) is 21.2. The molecule has 2 aliphatic heterocycles. The lowest BCUT2D eigenvalue weighted by Crippen LogP contribution is -2.50. The number of nitrogens with two attached hydrogens (primary N) is 1. The van der Waals surface area contributed by atoms with Crippen molar-refractivity contribution in [2.24, 2.45) is 11.7 Å². The average Bonchev–Trinajstić information content (AvgIpc) is 2.99. The van der Waals surface area contributed by atoms with E-state index in [1.54, 1.807) is 11.3 Å². The molecule has 2 N–H and O–H groups in total. The van der Waals surface area contributed by atoms with Crippen molar-refractivity contribution < 1.29 is 9.53 Å². The van der Waals surface area contributed by atoms with Crippen molar-refractivity contribution in [2.45, 2.75) is 25.3 Å². The van der Waals surface area contributed by atoms with Crippen LogP contribution in [-0.4, -0.2) is 61.2 Å². The van der Waals surface area contributed by atoms with Gasteiger partial charge >= 0.3 is 0 Å². The molecule has 1 amide bonds. The standard InChI is InChI=1S/C15H24N4O2S.2ClH/c16-13(12-2-9-21-10-3-12)14(20)18-5-1-6-19(8-7-18)15-17-4-11-22-15;;/h4,11-13H,1-3,5-10,16H2;2*1H. The summed E-state index contributed by atoms with van der Waals surface area (Å²) >= 11 is 1.65. The van der Waals surface area contributed by atoms with Crippen molar-refractivity contribution in [3.05, 3.63) is 11.6 Å². The molecule has 0 saturated carbocycles. The summed E-state index contributed by atoms with van der Waals surface area (Å²) in [6.45, 7) is 4.75. The van der Waals surface area contributed by atoms with E-state index in [-0.39, 0.29) is 42.7 Å². The Kier molecular flexibility index (Phi) is 9.30. The van der Waals surface area contributed by atoms with Gasteiger partial charge in [0.15, 0.2) is 5.13 Å². The molecule has 0 radical (unpaired) electrons. The normalized spacial score (nSPS) is 20.5. The summed E-state index contributed by atoms with van der Waals surface area (Å²) in [5, 5.41) is 3.03. The Bertz CT molecular complexity index is 486. The molecule has 0 aromatic carbocycles. The SMILES string of the molecule is Cl.Cl.NC(C(=O)N1CCCN(c2nccs2)CC1)C1CCOCC1. The molecule has 3 heterocycles. The van der Waals surface area contributed by atoms with Crippen LogP contribution in [0.2, 0.25) is 0 Å². The molecular weight excluding hydrogens is 371 g/mol. The number of aromatic nitrogens is 1. The fraction of sp³-hybridized carbons (Fsp3) is 0.733. The molecule has 0 spiro atoms. The smallest absolute Gasteiger partial charge is 0.239 e. The highest BCUT2D eigenvalue weighted by Crippen LogP contribution is 2.21. The Balaban J connectivity index is 0.00000144. The molecule has 1 aromatic heterocycles. The third kappa shape index (κ3) is 5.20. The lowest BCUT2D eigenvalue weighted by molar-refractivity contribution is -0.134. The highest BCUT2D eigenvalue weighted by atomic mass is 35.5. The summed E-state index contributed by atoms with van der Waals surface area (Å²) in [5.74, 6) is 0.368. The highest BCUT2D eigenvalue weighted by Gasteiger charge is 2.30. The third-order valence-corrected chi connectivity index (χ3v) is 5.39. The van der Waals surface area contributed by atoms with Crippen LogP contribution < -0.4 is 10.6 Å². The first-order chi connectivity index (χ1) is 10.8. The number of carbonyl (C=O) groups is 1. The predicted octanol–water partition coefficient (Wildman–Crippen LogP) is 1.78. The minimum absolute atomic E-state index is 0. The predicted molar refractivity (Wildman–Crippen MR) is 102 cm³/mol. The molecular formula is C15H26Cl2N4O2S. The molecule has 1 aromatic rings. The molecule has 9 heteroatoms. The number of thiazole rings is 1. The minimum atomic E-state index is -0.379. The van der Waals surface area contributed by atoms with Crippen LogP contribution in [0.25, 0.3) is 0 Å². The summed E-state index contributed by atoms with van der Waals surface area (Å²) in [6, 6.07) is -0.379. The lowest BCUT2D eigenvalue weighted by atomic mass is 9.91. The van der Waals surface area contributed by atoms with Gasteiger partial charge < -0.3 is 20.3 Å². The second-order valence-corrected chi connectivity index (χ2v) is 6.83. The second kappa shape index (κ2) is 10.4. The zero-order valence-corrected chi connectivity index (χ0v) is 16.1. The zero-order chi connectivity index (χ0) is 15.4. The molecule has 6 nitrogen and oxygen atoms in total. The van der Waals surface area contributed by atoms with Crippen LogP contribution in [0.4, 0.5) is 5.13 Å². The van der Waals surface area contributed by atoms with Gasteiger partial charge in [0.1, 0.15) is 0 Å². The molecule has 2 fully saturated rings. The molecule has 1 atom stereocenters. The summed E-state index contributed by atoms with van der Waals surface area (Å²) in [6.07, 6.45) is 4.58. The van der Waals surface area contributed by atoms with E-state index in [0.717, 1.165) is 63.8 Å². The molecule has 1 unspecified atom stereocenters. The lowest BCUT2D eigenvalue weighted by Gasteiger charge is -2.31. The van der Waals surface area contributed by atoms with Gasteiger partial charge in [-0.05, 0) is 25.2 Å². The summed E-state index contributed by atoms with van der Waals surface area (Å²) < 4.78 is 5.36. The quantitative estimate of drug-likeness (QED) is 0.842. The van der Waals surface area contributed by atoms with Crippen molar-refractivity contribution in [1.82, 2.24) is 9.88 Å². The van der Waals surface area contributed by atoms with Crippen molar-refractivity contribution in [3.63, 3.8) is 0 Å². The van der Waals surface area contributed by atoms with E-state index in [9.17, 15) is 4.79 Å². The molecule has 24 heavy (non-hydrogen) atoms. The van der Waals surface area contributed by atoms with Crippen LogP contribution in [0.3, 0.4) is 0 Å². The fourth-order valence-electron chi connectivity index (χ4n) is 3.19. The van der Waals surface area contributed by atoms with Crippen LogP contribution in [0.15, 0.2) is 11.6 Å². The number of halogens is 2. The van der Waals surface area contributed by atoms with Gasteiger partial charge in [-0.25, -0.2) is 4.98 Å². The van der Waals surface area contributed by atoms with Crippen LogP contribution in [0, 0.1) is 5.92 Å². The number of amides is 1. The average molecular weight is 397 g/mol. The maximum atomic E-state index is 12.7. The molecule has 138 valence electrons. The topological polar surface area (TPSA) is 71.7 Å². The van der Waals surface area contributed by atoms with Gasteiger partial charge in [-0.3, -0.25) is 4.79 Å². The number of hydrogen-bond donors (Lipinski definition) is 1. The molecule has 0 bridgehead atoms. The largest absolute Gasteiger partial charge is 0.381 e. The Hall–Kier alpha value is -0.600. The fourth-order valence-corrected chi connectivity index (χ4v) is 3.89. The van der Waals surface area contributed by atoms with E-state index in [1.807, 2.05) is 16.5 Å². The highest BCUT2D eigenvalue weighted by molar-refractivity contribution is 7.13. The Morgan fingerprint density at radius 3 is 2.67 bits per heavy atom. The van der Waals surface area contributed by atoms with Gasteiger partial charge in [-0.2, -0.15) is 0 Å². The summed E-state index contributed by atoms with van der Waals surface area (Å²) in [7, 11) is 0. The number of hydrogen-bond acceptors (Lipinski definition) is 6. The molecule has 2 saturated heterocycles. The van der Waals surface area contributed by atoms with Crippen LogP contribution >= 0.6 is 36.2 Å². The third-order valence-electron chi connectivity index (χ3n) is 4.56. The molecule has 0 aliphatic carbocycles. The van der Waals surface area contributed by atoms with E-state index in [4.69, 9.17) is 10.5 Å². The maximum Gasteiger partial charge on any atom is 0.239 e. The van der Waals surface area contributed by atoms with Crippen molar-refractivity contribution >= 4 is 47.2 Å². The van der Waals surface area contributed by atoms with Gasteiger partial charge in [0.05, 0.1) is 6.04 Å². The number of anilines is 1. The van der Waals surface area contributed by atoms with Crippen molar-refractivity contribution in [1.29, 1.82) is 0 Å². The van der Waals surface area contributed by atoms with E-state index in [0.29, 0.717) is 0 Å². The van der Waals surface area contributed by atoms with Gasteiger partial charge in [0.2, 0.25) is 5.91 Å². The van der Waals surface area contributed by atoms with Gasteiger partial charge in [0.25, 0.3) is 0 Å². The Morgan fingerprint density at radius 1 is 1.25 bits per heavy atom. The Morgan fingerprint density at radius 2 is 2.00 bits per heavy atom. The molecule has 3 rings (SSSR count). The number of carbonyl (C=O) groups excluding carboxylic acids is 1. The Labute approximate surface area is 159 Å². The summed E-state index contributed by atoms with van der Waals surface area (Å²) in [5.41, 5.74) is 6.23. The maximum absolute atomic E-state index is 12.7. The van der Waals surface area contributed by atoms with E-state index in [1.165, 1.54) is 0 Å². The first-order valence-electron chi connectivity index (χ1n) is 8.02. The molecule has 2 aliphatic rings. The van der Waals surface area contributed by atoms with E-state index in [2.05, 4.69) is 9.88 Å². The zero-order valence-electron chi connectivity index (χ0n) is 13.6. The van der Waals surface area contributed by atoms with Gasteiger partial charge in [-0.1, -0.05) is 0 Å². The monoisotopic (exact) mass is 396 g/mol. The van der Waals surface area contributed by atoms with Gasteiger partial charge in [0, 0.05) is 51.0 Å². The van der Waals surface area contributed by atoms with Crippen LogP contribution in [-0.2, 0) is 9.53 Å². The van der Waals surface area contributed by atoms with E-state index < -0.39 is 0 Å². The minimum Gasteiger partial charge on any atom is -0.381 e. The van der Waals surface area contributed by atoms with Crippen LogP contribution in [0.1, 0.15) is 19.3 Å². The number of ether oxygens (including phenoxy) is 1. The number of nitrogens with zero attached hydrogens (tertiary/aromatic N) is 3.